The van der Waals surface area contributed by atoms with Gasteiger partial charge >= 0.3 is 0 Å². The summed E-state index contributed by atoms with van der Waals surface area (Å²) in [5.74, 6) is 0. The number of hydrogen-bond donors (Lipinski definition) is 4. The highest BCUT2D eigenvalue weighted by Gasteiger charge is 1.91. The summed E-state index contributed by atoms with van der Waals surface area (Å²) in [6.07, 6.45) is 3.17. The van der Waals surface area contributed by atoms with Crippen LogP contribution in [0, 0.1) is 5.41 Å². The maximum atomic E-state index is 5.86. The van der Waals surface area contributed by atoms with Gasteiger partial charge in [0.05, 0.1) is 12.5 Å². The first-order chi connectivity index (χ1) is 4.72. The Hall–Kier alpha value is -0.610. The van der Waals surface area contributed by atoms with Crippen LogP contribution >= 0.6 is 0 Å². The van der Waals surface area contributed by atoms with E-state index in [-0.39, 0.29) is 6.17 Å². The number of hydrogen-bond acceptors (Lipinski definition) is 3. The second kappa shape index (κ2) is 11.2. The fraction of sp³-hybridized carbons (Fsp3) is 0.833. The van der Waals surface area contributed by atoms with Crippen molar-refractivity contribution in [1.82, 2.24) is 5.32 Å². The van der Waals surface area contributed by atoms with Crippen molar-refractivity contribution >= 4 is 6.34 Å². The highest BCUT2D eigenvalue weighted by molar-refractivity contribution is 5.46. The Labute approximate surface area is 62.5 Å². The van der Waals surface area contributed by atoms with E-state index >= 15 is 0 Å². The molecule has 1 unspecified atom stereocenters. The lowest BCUT2D eigenvalue weighted by Gasteiger charge is -2.05. The van der Waals surface area contributed by atoms with Crippen LogP contribution in [0.3, 0.4) is 0 Å². The van der Waals surface area contributed by atoms with Crippen LogP contribution in [-0.4, -0.2) is 19.6 Å². The summed E-state index contributed by atoms with van der Waals surface area (Å²) in [5.41, 5.74) is 9.86. The second-order valence-electron chi connectivity index (χ2n) is 1.85. The van der Waals surface area contributed by atoms with Crippen molar-refractivity contribution in [2.75, 3.05) is 7.05 Å². The van der Waals surface area contributed by atoms with Crippen molar-refractivity contribution in [3.8, 4) is 0 Å². The Morgan fingerprint density at radius 1 is 1.70 bits per heavy atom. The SMILES string of the molecule is CCCC(N)NC.N=CN. The van der Waals surface area contributed by atoms with E-state index in [1.807, 2.05) is 7.05 Å². The molecule has 0 aliphatic heterocycles. The van der Waals surface area contributed by atoms with Crippen LogP contribution in [0.2, 0.25) is 0 Å². The monoisotopic (exact) mass is 146 g/mol. The molecule has 0 aliphatic carbocycles. The minimum Gasteiger partial charge on any atom is -0.390 e. The van der Waals surface area contributed by atoms with Gasteiger partial charge in [-0.15, -0.1) is 0 Å². The molecule has 0 aromatic heterocycles. The molecule has 4 nitrogen and oxygen atoms in total. The van der Waals surface area contributed by atoms with Gasteiger partial charge in [-0.3, -0.25) is 5.41 Å². The van der Waals surface area contributed by atoms with E-state index in [0.717, 1.165) is 19.2 Å². The summed E-state index contributed by atoms with van der Waals surface area (Å²) >= 11 is 0. The van der Waals surface area contributed by atoms with Gasteiger partial charge in [-0.05, 0) is 13.5 Å². The average Bonchev–Trinajstić information content (AvgIpc) is 1.90. The van der Waals surface area contributed by atoms with Gasteiger partial charge in [0, 0.05) is 0 Å². The molecule has 1 atom stereocenters. The lowest BCUT2D eigenvalue weighted by molar-refractivity contribution is 0.535. The van der Waals surface area contributed by atoms with Gasteiger partial charge in [-0.25, -0.2) is 0 Å². The Bertz CT molecular complexity index is 64.8. The van der Waals surface area contributed by atoms with Gasteiger partial charge in [-0.1, -0.05) is 13.3 Å². The Balaban J connectivity index is 0. The van der Waals surface area contributed by atoms with E-state index in [0.29, 0.717) is 0 Å². The topological polar surface area (TPSA) is 87.9 Å². The Morgan fingerprint density at radius 3 is 2.20 bits per heavy atom. The minimum absolute atomic E-state index is 0.199. The molecule has 0 aromatic carbocycles. The molecule has 0 amide bonds. The first-order valence-electron chi connectivity index (χ1n) is 3.36. The summed E-state index contributed by atoms with van der Waals surface area (Å²) in [6, 6.07) is 0. The van der Waals surface area contributed by atoms with Gasteiger partial charge in [0.2, 0.25) is 0 Å². The van der Waals surface area contributed by atoms with Crippen molar-refractivity contribution < 1.29 is 0 Å². The molecular formula is C6H18N4. The van der Waals surface area contributed by atoms with Crippen LogP contribution in [0.4, 0.5) is 0 Å². The van der Waals surface area contributed by atoms with Gasteiger partial charge in [0.15, 0.2) is 0 Å². The first kappa shape index (κ1) is 12.1. The highest BCUT2D eigenvalue weighted by Crippen LogP contribution is 1.85. The largest absolute Gasteiger partial charge is 0.390 e. The molecule has 0 bridgehead atoms. The smallest absolute Gasteiger partial charge is 0.0765 e. The maximum Gasteiger partial charge on any atom is 0.0765 e. The van der Waals surface area contributed by atoms with E-state index in [2.05, 4.69) is 18.0 Å². The second-order valence-corrected chi connectivity index (χ2v) is 1.85. The molecule has 0 aliphatic rings. The predicted octanol–water partition coefficient (Wildman–Crippen LogP) is -0.157. The van der Waals surface area contributed by atoms with Crippen LogP contribution in [0.5, 0.6) is 0 Å². The fourth-order valence-corrected chi connectivity index (χ4v) is 0.455. The number of nitrogens with one attached hydrogen (secondary N) is 2. The van der Waals surface area contributed by atoms with Gasteiger partial charge < -0.3 is 16.8 Å². The Kier molecular flexibility index (Phi) is 13.6. The van der Waals surface area contributed by atoms with E-state index < -0.39 is 0 Å². The minimum atomic E-state index is 0.199. The molecule has 0 radical (unpaired) electrons. The van der Waals surface area contributed by atoms with Crippen LogP contribution in [0.25, 0.3) is 0 Å². The van der Waals surface area contributed by atoms with Crippen molar-refractivity contribution in [3.63, 3.8) is 0 Å². The third-order valence-electron chi connectivity index (χ3n) is 0.970. The molecule has 4 heteroatoms. The zero-order valence-electron chi connectivity index (χ0n) is 6.72. The van der Waals surface area contributed by atoms with Crippen molar-refractivity contribution in [2.24, 2.45) is 11.5 Å². The average molecular weight is 146 g/mol. The van der Waals surface area contributed by atoms with Crippen LogP contribution in [-0.2, 0) is 0 Å². The Morgan fingerprint density at radius 2 is 2.10 bits per heavy atom. The molecular weight excluding hydrogens is 128 g/mol. The fourth-order valence-electron chi connectivity index (χ4n) is 0.455. The van der Waals surface area contributed by atoms with Gasteiger partial charge in [0.25, 0.3) is 0 Å². The van der Waals surface area contributed by atoms with Crippen molar-refractivity contribution in [3.05, 3.63) is 0 Å². The molecule has 0 heterocycles. The number of rotatable bonds is 3. The standard InChI is InChI=1S/C5H14N2.CH4N2/c1-3-4-5(6)7-2;2-1-3/h5,7H,3-4,6H2,1-2H3;1H,(H3,2,3). The normalized spacial score (nSPS) is 11.1. The molecule has 0 rings (SSSR count). The molecule has 0 fully saturated rings. The third kappa shape index (κ3) is 15.7. The molecule has 0 aromatic rings. The molecule has 10 heavy (non-hydrogen) atoms. The molecule has 62 valence electrons. The zero-order chi connectivity index (χ0) is 8.41. The van der Waals surface area contributed by atoms with E-state index in [4.69, 9.17) is 11.1 Å². The summed E-state index contributed by atoms with van der Waals surface area (Å²) < 4.78 is 0. The maximum absolute atomic E-state index is 5.86. The summed E-state index contributed by atoms with van der Waals surface area (Å²) in [5, 5.41) is 8.80. The summed E-state index contributed by atoms with van der Waals surface area (Å²) in [4.78, 5) is 0. The van der Waals surface area contributed by atoms with Crippen LogP contribution in [0.15, 0.2) is 0 Å². The van der Waals surface area contributed by atoms with Crippen molar-refractivity contribution in [1.29, 1.82) is 5.41 Å². The third-order valence-corrected chi connectivity index (χ3v) is 0.970. The quantitative estimate of drug-likeness (QED) is 0.253. The van der Waals surface area contributed by atoms with Crippen LogP contribution in [0.1, 0.15) is 19.8 Å². The van der Waals surface area contributed by atoms with Gasteiger partial charge in [0.1, 0.15) is 0 Å². The highest BCUT2D eigenvalue weighted by atomic mass is 15.0. The van der Waals surface area contributed by atoms with E-state index in [9.17, 15) is 0 Å². The summed E-state index contributed by atoms with van der Waals surface area (Å²) in [7, 11) is 1.88. The molecule has 0 saturated heterocycles. The van der Waals surface area contributed by atoms with E-state index in [1.54, 1.807) is 0 Å². The lowest BCUT2D eigenvalue weighted by Crippen LogP contribution is -2.33. The van der Waals surface area contributed by atoms with E-state index in [1.165, 1.54) is 0 Å². The van der Waals surface area contributed by atoms with Crippen LogP contribution < -0.4 is 16.8 Å². The zero-order valence-corrected chi connectivity index (χ0v) is 6.72. The molecule has 6 N–H and O–H groups in total. The van der Waals surface area contributed by atoms with Gasteiger partial charge in [-0.2, -0.15) is 0 Å². The summed E-state index contributed by atoms with van der Waals surface area (Å²) in [6.45, 7) is 2.12. The lowest BCUT2D eigenvalue weighted by atomic mass is 10.3. The molecule has 0 saturated carbocycles. The number of nitrogens with two attached hydrogens (primary N) is 2. The first-order valence-corrected chi connectivity index (χ1v) is 3.36. The predicted molar refractivity (Wildman–Crippen MR) is 44.9 cm³/mol. The molecule has 0 spiro atoms. The van der Waals surface area contributed by atoms with Crippen molar-refractivity contribution in [2.45, 2.75) is 25.9 Å².